The van der Waals surface area contributed by atoms with E-state index >= 15 is 0 Å². The van der Waals surface area contributed by atoms with Crippen LogP contribution in [0.25, 0.3) is 5.69 Å². The van der Waals surface area contributed by atoms with Crippen LogP contribution in [0.4, 0.5) is 23.2 Å². The lowest BCUT2D eigenvalue weighted by molar-refractivity contribution is -0.385. The molecule has 0 atom stereocenters. The monoisotopic (exact) mass is 547 g/mol. The third kappa shape index (κ3) is 6.53. The number of alkyl halides is 3. The van der Waals surface area contributed by atoms with Crippen LogP contribution in [0.3, 0.4) is 0 Å². The fourth-order valence-electron chi connectivity index (χ4n) is 2.59. The third-order valence-corrected chi connectivity index (χ3v) is 4.68. The van der Waals surface area contributed by atoms with Gasteiger partial charge in [0, 0.05) is 18.2 Å². The zero-order chi connectivity index (χ0) is 25.6. The minimum Gasteiger partial charge on any atom is -0.489 e. The highest BCUT2D eigenvalue weighted by Crippen LogP contribution is 2.27. The summed E-state index contributed by atoms with van der Waals surface area (Å²) in [5.41, 5.74) is -4.74. The summed E-state index contributed by atoms with van der Waals surface area (Å²) in [6.07, 6.45) is -3.70. The summed E-state index contributed by atoms with van der Waals surface area (Å²) in [6.45, 7) is 4.09. The number of aromatic nitrogens is 2. The molecule has 0 aliphatic carbocycles. The van der Waals surface area contributed by atoms with E-state index in [0.29, 0.717) is 5.56 Å². The van der Waals surface area contributed by atoms with Crippen molar-refractivity contribution in [3.05, 3.63) is 95.0 Å². The molecule has 3 rings (SSSR count). The number of nitrogens with one attached hydrogen (secondary N) is 1. The van der Waals surface area contributed by atoms with Crippen LogP contribution in [-0.4, -0.2) is 14.5 Å². The number of rotatable bonds is 5. The summed E-state index contributed by atoms with van der Waals surface area (Å²) >= 11 is 3.04. The van der Waals surface area contributed by atoms with Gasteiger partial charge in [0.15, 0.2) is 5.82 Å². The van der Waals surface area contributed by atoms with Crippen molar-refractivity contribution in [1.82, 2.24) is 9.55 Å². The zero-order valence-electron chi connectivity index (χ0n) is 17.8. The molecule has 0 amide bonds. The molecule has 182 valence electrons. The molecule has 0 unspecified atom stereocenters. The van der Waals surface area contributed by atoms with Crippen LogP contribution in [-0.2, 0) is 12.8 Å². The van der Waals surface area contributed by atoms with Gasteiger partial charge in [0.05, 0.1) is 15.1 Å². The fraction of sp³-hybridized carbons (Fsp3) is 0.238. The van der Waals surface area contributed by atoms with Crippen LogP contribution < -0.4 is 16.0 Å². The van der Waals surface area contributed by atoms with E-state index in [9.17, 15) is 37.3 Å². The number of halogens is 5. The maximum absolute atomic E-state index is 14.5. The largest absolute Gasteiger partial charge is 0.489 e. The Morgan fingerprint density at radius 3 is 2.29 bits per heavy atom. The van der Waals surface area contributed by atoms with Gasteiger partial charge in [-0.25, -0.2) is 13.8 Å². The lowest BCUT2D eigenvalue weighted by atomic mass is 10.2. The first-order chi connectivity index (χ1) is 15.9. The van der Waals surface area contributed by atoms with E-state index in [1.165, 1.54) is 29.6 Å². The molecule has 1 aromatic heterocycles. The first kappa shape index (κ1) is 26.8. The zero-order valence-corrected chi connectivity index (χ0v) is 19.4. The quantitative estimate of drug-likeness (QED) is 0.263. The molecule has 3 aromatic rings. The lowest BCUT2D eigenvalue weighted by Crippen LogP contribution is -2.36. The average molecular weight is 548 g/mol. The Hall–Kier alpha value is -3.48. The molecule has 1 heterocycles. The number of nitro benzene ring substituents is 1. The summed E-state index contributed by atoms with van der Waals surface area (Å²) in [4.78, 5) is 35.7. The number of nitrogens with zero attached hydrogens (tertiary/aromatic N) is 2. The number of ether oxygens (including phenoxy) is 1. The van der Waals surface area contributed by atoms with Crippen LogP contribution in [0.15, 0.2) is 56.5 Å². The van der Waals surface area contributed by atoms with Gasteiger partial charge >= 0.3 is 11.9 Å². The van der Waals surface area contributed by atoms with Gasteiger partial charge in [0.2, 0.25) is 0 Å². The Balaban J connectivity index is 0.00000129. The average Bonchev–Trinajstić information content (AvgIpc) is 2.73. The summed E-state index contributed by atoms with van der Waals surface area (Å²) < 4.78 is 58.4. The summed E-state index contributed by atoms with van der Waals surface area (Å²) in [7, 11) is 0. The third-order valence-electron chi connectivity index (χ3n) is 4.01. The van der Waals surface area contributed by atoms with E-state index in [-0.39, 0.29) is 33.1 Å². The van der Waals surface area contributed by atoms with Crippen LogP contribution in [0, 0.1) is 15.9 Å². The predicted molar refractivity (Wildman–Crippen MR) is 119 cm³/mol. The number of H-pyrrole nitrogens is 1. The predicted octanol–water partition coefficient (Wildman–Crippen LogP) is 5.35. The normalized spacial score (nSPS) is 10.9. The second-order valence-corrected chi connectivity index (χ2v) is 7.67. The lowest BCUT2D eigenvalue weighted by Gasteiger charge is -2.11. The minimum absolute atomic E-state index is 0.0387. The standard InChI is InChI=1S/C18H10BrF4N3O5.C3H8/c19-11-3-1-9(5-14(11)26(29)30)8-31-10-2-4-13(12(20)6-10)25-16(27)7-15(18(21,22)23)24-17(25)28;1-3-2/h1-7H,8H2,(H,24,28);3H2,1-2H3. The molecule has 1 N–H and O–H groups in total. The van der Waals surface area contributed by atoms with Gasteiger partial charge in [-0.15, -0.1) is 0 Å². The van der Waals surface area contributed by atoms with Crippen LogP contribution in [0.5, 0.6) is 5.75 Å². The summed E-state index contributed by atoms with van der Waals surface area (Å²) in [5.74, 6) is -1.14. The number of aromatic amines is 1. The molecule has 0 aliphatic heterocycles. The summed E-state index contributed by atoms with van der Waals surface area (Å²) in [5, 5.41) is 11.0. The SMILES string of the molecule is CCC.O=c1cc(C(F)(F)F)[nH]c(=O)n1-c1ccc(OCc2ccc(Br)c([N+](=O)[O-])c2)cc1F. The van der Waals surface area contributed by atoms with E-state index in [2.05, 4.69) is 29.8 Å². The molecule has 0 saturated heterocycles. The molecule has 0 fully saturated rings. The number of nitro groups is 1. The first-order valence-corrected chi connectivity index (χ1v) is 10.5. The highest BCUT2D eigenvalue weighted by atomic mass is 79.9. The Kier molecular flexibility index (Phi) is 8.74. The van der Waals surface area contributed by atoms with E-state index in [0.717, 1.165) is 12.1 Å². The van der Waals surface area contributed by atoms with E-state index in [1.807, 2.05) is 0 Å². The number of hydrogen-bond donors (Lipinski definition) is 1. The Labute approximate surface area is 198 Å². The molecule has 0 bridgehead atoms. The maximum atomic E-state index is 14.5. The Morgan fingerprint density at radius 2 is 1.76 bits per heavy atom. The van der Waals surface area contributed by atoms with Gasteiger partial charge in [0.1, 0.15) is 18.1 Å². The van der Waals surface area contributed by atoms with Crippen molar-refractivity contribution in [2.24, 2.45) is 0 Å². The minimum atomic E-state index is -4.95. The molecule has 2 aromatic carbocycles. The Morgan fingerprint density at radius 1 is 1.12 bits per heavy atom. The molecule has 13 heteroatoms. The number of hydrogen-bond acceptors (Lipinski definition) is 5. The first-order valence-electron chi connectivity index (χ1n) is 9.68. The van der Waals surface area contributed by atoms with Crippen molar-refractivity contribution in [3.63, 3.8) is 0 Å². The smallest absolute Gasteiger partial charge is 0.431 e. The highest BCUT2D eigenvalue weighted by molar-refractivity contribution is 9.10. The van der Waals surface area contributed by atoms with Crippen molar-refractivity contribution < 1.29 is 27.2 Å². The highest BCUT2D eigenvalue weighted by Gasteiger charge is 2.33. The van der Waals surface area contributed by atoms with Crippen molar-refractivity contribution >= 4 is 21.6 Å². The van der Waals surface area contributed by atoms with Crippen LogP contribution in [0.1, 0.15) is 31.5 Å². The molecule has 0 aliphatic rings. The number of benzene rings is 2. The van der Waals surface area contributed by atoms with E-state index < -0.39 is 39.5 Å². The van der Waals surface area contributed by atoms with Gasteiger partial charge in [-0.05, 0) is 39.7 Å². The Bertz CT molecular complexity index is 1270. The summed E-state index contributed by atoms with van der Waals surface area (Å²) in [6, 6.07) is 7.40. The van der Waals surface area contributed by atoms with E-state index in [1.54, 1.807) is 6.07 Å². The second kappa shape index (κ2) is 11.1. The topological polar surface area (TPSA) is 107 Å². The molecule has 0 spiro atoms. The van der Waals surface area contributed by atoms with Crippen molar-refractivity contribution in [3.8, 4) is 11.4 Å². The second-order valence-electron chi connectivity index (χ2n) is 6.81. The molecular weight excluding hydrogens is 530 g/mol. The van der Waals surface area contributed by atoms with Gasteiger partial charge in [0.25, 0.3) is 11.2 Å². The van der Waals surface area contributed by atoms with Crippen LogP contribution >= 0.6 is 15.9 Å². The molecule has 0 radical (unpaired) electrons. The molecule has 0 saturated carbocycles. The van der Waals surface area contributed by atoms with Gasteiger partial charge < -0.3 is 9.72 Å². The van der Waals surface area contributed by atoms with Gasteiger partial charge in [-0.1, -0.05) is 26.3 Å². The maximum Gasteiger partial charge on any atom is 0.431 e. The van der Waals surface area contributed by atoms with Crippen molar-refractivity contribution in [2.45, 2.75) is 33.1 Å². The fourth-order valence-corrected chi connectivity index (χ4v) is 2.98. The van der Waals surface area contributed by atoms with Gasteiger partial charge in [-0.2, -0.15) is 13.2 Å². The van der Waals surface area contributed by atoms with E-state index in [4.69, 9.17) is 4.74 Å². The molecular formula is C21H18BrF4N3O5. The molecule has 8 nitrogen and oxygen atoms in total. The van der Waals surface area contributed by atoms with Crippen LogP contribution in [0.2, 0.25) is 0 Å². The van der Waals surface area contributed by atoms with Gasteiger partial charge in [-0.3, -0.25) is 14.9 Å². The van der Waals surface area contributed by atoms with Crippen molar-refractivity contribution in [2.75, 3.05) is 0 Å². The van der Waals surface area contributed by atoms with Crippen molar-refractivity contribution in [1.29, 1.82) is 0 Å². The molecule has 34 heavy (non-hydrogen) atoms.